The van der Waals surface area contributed by atoms with Gasteiger partial charge in [-0.15, -0.1) is 22.7 Å². The Morgan fingerprint density at radius 2 is 1.74 bits per heavy atom. The SMILES string of the molecule is O=C(Cc1csc(NC(=O)Cc2cccs2)n1)NCCCCN1CCN(c2ccccc2)CC1. The number of amides is 2. The number of nitrogens with one attached hydrogen (secondary N) is 2. The molecule has 1 aliphatic heterocycles. The number of thiazole rings is 1. The molecule has 4 rings (SSSR count). The maximum absolute atomic E-state index is 12.2. The molecule has 3 heterocycles. The summed E-state index contributed by atoms with van der Waals surface area (Å²) in [5.74, 6) is -0.118. The summed E-state index contributed by atoms with van der Waals surface area (Å²) in [6.07, 6.45) is 2.61. The summed E-state index contributed by atoms with van der Waals surface area (Å²) in [6, 6.07) is 14.5. The lowest BCUT2D eigenvalue weighted by Crippen LogP contribution is -2.46. The zero-order valence-electron chi connectivity index (χ0n) is 19.2. The third-order valence-electron chi connectivity index (χ3n) is 5.77. The molecule has 0 bridgehead atoms. The number of piperazine rings is 1. The summed E-state index contributed by atoms with van der Waals surface area (Å²) >= 11 is 2.91. The van der Waals surface area contributed by atoms with E-state index in [-0.39, 0.29) is 18.2 Å². The van der Waals surface area contributed by atoms with Gasteiger partial charge in [-0.3, -0.25) is 14.5 Å². The van der Waals surface area contributed by atoms with Crippen LogP contribution in [-0.2, 0) is 22.4 Å². The number of hydrogen-bond acceptors (Lipinski definition) is 7. The van der Waals surface area contributed by atoms with Crippen LogP contribution in [-0.4, -0.2) is 61.0 Å². The number of rotatable bonds is 11. The van der Waals surface area contributed by atoms with E-state index in [4.69, 9.17) is 0 Å². The number of aromatic nitrogens is 1. The monoisotopic (exact) mass is 497 g/mol. The maximum Gasteiger partial charge on any atom is 0.231 e. The first-order valence-electron chi connectivity index (χ1n) is 11.7. The average Bonchev–Trinajstić information content (AvgIpc) is 3.52. The molecule has 34 heavy (non-hydrogen) atoms. The minimum atomic E-state index is -0.0886. The number of nitrogens with zero attached hydrogens (tertiary/aromatic N) is 3. The normalized spacial score (nSPS) is 14.2. The van der Waals surface area contributed by atoms with Gasteiger partial charge in [-0.1, -0.05) is 24.3 Å². The fraction of sp³-hybridized carbons (Fsp3) is 0.400. The van der Waals surface area contributed by atoms with Gasteiger partial charge in [0, 0.05) is 48.7 Å². The molecule has 2 N–H and O–H groups in total. The summed E-state index contributed by atoms with van der Waals surface area (Å²) in [5, 5.41) is 10.1. The van der Waals surface area contributed by atoms with Gasteiger partial charge in [0.05, 0.1) is 18.5 Å². The largest absolute Gasteiger partial charge is 0.369 e. The van der Waals surface area contributed by atoms with Crippen LogP contribution in [0.2, 0.25) is 0 Å². The topological polar surface area (TPSA) is 77.6 Å². The number of para-hydroxylation sites is 1. The van der Waals surface area contributed by atoms with Crippen LogP contribution in [0, 0.1) is 0 Å². The van der Waals surface area contributed by atoms with Crippen LogP contribution in [0.5, 0.6) is 0 Å². The number of unbranched alkanes of at least 4 members (excludes halogenated alkanes) is 1. The first-order valence-corrected chi connectivity index (χ1v) is 13.5. The molecule has 9 heteroatoms. The van der Waals surface area contributed by atoms with E-state index in [1.807, 2.05) is 22.9 Å². The van der Waals surface area contributed by atoms with Gasteiger partial charge in [-0.05, 0) is 43.0 Å². The summed E-state index contributed by atoms with van der Waals surface area (Å²) in [6.45, 7) is 6.03. The highest BCUT2D eigenvalue weighted by atomic mass is 32.1. The van der Waals surface area contributed by atoms with Crippen LogP contribution in [0.3, 0.4) is 0 Å². The van der Waals surface area contributed by atoms with Crippen LogP contribution < -0.4 is 15.5 Å². The molecular weight excluding hydrogens is 466 g/mol. The van der Waals surface area contributed by atoms with Crippen molar-refractivity contribution in [1.82, 2.24) is 15.2 Å². The highest BCUT2D eigenvalue weighted by molar-refractivity contribution is 7.14. The lowest BCUT2D eigenvalue weighted by molar-refractivity contribution is -0.120. The fourth-order valence-corrected chi connectivity index (χ4v) is 5.39. The minimum Gasteiger partial charge on any atom is -0.369 e. The van der Waals surface area contributed by atoms with Crippen LogP contribution in [0.25, 0.3) is 0 Å². The zero-order chi connectivity index (χ0) is 23.6. The van der Waals surface area contributed by atoms with E-state index in [2.05, 4.69) is 55.7 Å². The van der Waals surface area contributed by atoms with E-state index in [0.29, 0.717) is 23.8 Å². The van der Waals surface area contributed by atoms with Crippen LogP contribution in [0.4, 0.5) is 10.8 Å². The van der Waals surface area contributed by atoms with Crippen molar-refractivity contribution in [3.8, 4) is 0 Å². The molecule has 1 aliphatic rings. The van der Waals surface area contributed by atoms with Gasteiger partial charge >= 0.3 is 0 Å². The third kappa shape index (κ3) is 7.65. The van der Waals surface area contributed by atoms with Gasteiger partial charge in [-0.2, -0.15) is 0 Å². The highest BCUT2D eigenvalue weighted by Crippen LogP contribution is 2.18. The predicted molar refractivity (Wildman–Crippen MR) is 140 cm³/mol. The van der Waals surface area contributed by atoms with Gasteiger partial charge in [-0.25, -0.2) is 4.98 Å². The van der Waals surface area contributed by atoms with Crippen molar-refractivity contribution >= 4 is 45.3 Å². The molecule has 0 unspecified atom stereocenters. The Balaban J connectivity index is 1.06. The Morgan fingerprint density at radius 1 is 0.912 bits per heavy atom. The molecule has 0 radical (unpaired) electrons. The standard InChI is InChI=1S/C25H31N5O2S2/c31-23(17-20-19-34-25(27-20)28-24(32)18-22-9-6-16-33-22)26-10-4-5-11-29-12-14-30(15-13-29)21-7-2-1-3-8-21/h1-3,6-9,16,19H,4-5,10-15,17-18H2,(H,26,31)(H,27,28,32). The molecular formula is C25H31N5O2S2. The third-order valence-corrected chi connectivity index (χ3v) is 7.45. The van der Waals surface area contributed by atoms with Crippen LogP contribution in [0.15, 0.2) is 53.2 Å². The molecule has 0 aliphatic carbocycles. The minimum absolute atomic E-state index is 0.0294. The van der Waals surface area contributed by atoms with Crippen molar-refractivity contribution in [2.75, 3.05) is 49.5 Å². The lowest BCUT2D eigenvalue weighted by Gasteiger charge is -2.36. The number of anilines is 2. The van der Waals surface area contributed by atoms with Crippen molar-refractivity contribution in [2.45, 2.75) is 25.7 Å². The number of hydrogen-bond donors (Lipinski definition) is 2. The highest BCUT2D eigenvalue weighted by Gasteiger charge is 2.16. The van der Waals surface area contributed by atoms with Gasteiger partial charge < -0.3 is 15.5 Å². The second kappa shape index (κ2) is 12.6. The second-order valence-electron chi connectivity index (χ2n) is 8.35. The first-order chi connectivity index (χ1) is 16.7. The number of benzene rings is 1. The molecule has 1 fully saturated rings. The second-order valence-corrected chi connectivity index (χ2v) is 10.2. The fourth-order valence-electron chi connectivity index (χ4n) is 3.96. The molecule has 2 aromatic heterocycles. The van der Waals surface area contributed by atoms with Crippen molar-refractivity contribution in [2.24, 2.45) is 0 Å². The molecule has 3 aromatic rings. The van der Waals surface area contributed by atoms with E-state index in [1.54, 1.807) is 11.3 Å². The van der Waals surface area contributed by atoms with Crippen molar-refractivity contribution in [3.05, 3.63) is 63.8 Å². The van der Waals surface area contributed by atoms with E-state index in [9.17, 15) is 9.59 Å². The van der Waals surface area contributed by atoms with Gasteiger partial charge in [0.25, 0.3) is 0 Å². The van der Waals surface area contributed by atoms with E-state index in [1.165, 1.54) is 17.0 Å². The average molecular weight is 498 g/mol. The Kier molecular flexibility index (Phi) is 9.06. The molecule has 0 saturated carbocycles. The van der Waals surface area contributed by atoms with Gasteiger partial charge in [0.1, 0.15) is 0 Å². The Bertz CT molecular complexity index is 1030. The Morgan fingerprint density at radius 3 is 2.50 bits per heavy atom. The molecule has 0 spiro atoms. The van der Waals surface area contributed by atoms with Gasteiger partial charge in [0.15, 0.2) is 5.13 Å². The summed E-state index contributed by atoms with van der Waals surface area (Å²) in [7, 11) is 0. The molecule has 1 saturated heterocycles. The van der Waals surface area contributed by atoms with E-state index < -0.39 is 0 Å². The molecule has 0 atom stereocenters. The molecule has 7 nitrogen and oxygen atoms in total. The maximum atomic E-state index is 12.2. The summed E-state index contributed by atoms with van der Waals surface area (Å²) in [5.41, 5.74) is 1.99. The molecule has 1 aromatic carbocycles. The number of thiophene rings is 1. The lowest BCUT2D eigenvalue weighted by atomic mass is 10.2. The molecule has 2 amide bonds. The van der Waals surface area contributed by atoms with Gasteiger partial charge in [0.2, 0.25) is 11.8 Å². The quantitative estimate of drug-likeness (QED) is 0.396. The van der Waals surface area contributed by atoms with E-state index in [0.717, 1.165) is 50.4 Å². The van der Waals surface area contributed by atoms with Crippen LogP contribution >= 0.6 is 22.7 Å². The Labute approximate surface area is 208 Å². The van der Waals surface area contributed by atoms with Crippen molar-refractivity contribution in [3.63, 3.8) is 0 Å². The van der Waals surface area contributed by atoms with Crippen LogP contribution in [0.1, 0.15) is 23.4 Å². The Hall–Kier alpha value is -2.75. The summed E-state index contributed by atoms with van der Waals surface area (Å²) < 4.78 is 0. The van der Waals surface area contributed by atoms with Crippen molar-refractivity contribution < 1.29 is 9.59 Å². The number of carbonyl (C=O) groups is 2. The summed E-state index contributed by atoms with van der Waals surface area (Å²) in [4.78, 5) is 34.7. The van der Waals surface area contributed by atoms with Crippen molar-refractivity contribution in [1.29, 1.82) is 0 Å². The smallest absolute Gasteiger partial charge is 0.231 e. The first kappa shape index (κ1) is 24.4. The van der Waals surface area contributed by atoms with E-state index >= 15 is 0 Å². The predicted octanol–water partition coefficient (Wildman–Crippen LogP) is 3.65. The number of carbonyl (C=O) groups excluding carboxylic acids is 2. The molecule has 180 valence electrons. The zero-order valence-corrected chi connectivity index (χ0v) is 20.9.